The zero-order chi connectivity index (χ0) is 18.3. The van der Waals surface area contributed by atoms with Crippen molar-refractivity contribution >= 4 is 29.9 Å². The third-order valence-corrected chi connectivity index (χ3v) is 5.68. The highest BCUT2D eigenvalue weighted by molar-refractivity contribution is 14.0. The summed E-state index contributed by atoms with van der Waals surface area (Å²) in [6.07, 6.45) is 7.32. The van der Waals surface area contributed by atoms with E-state index in [0.717, 1.165) is 44.2 Å². The van der Waals surface area contributed by atoms with E-state index in [4.69, 9.17) is 4.74 Å². The summed E-state index contributed by atoms with van der Waals surface area (Å²) >= 11 is 0. The standard InChI is InChI=1S/C19H35N5O.HI/c1-15-17(16(2)24(4)23-15)8-12-21-18(20-3)22-14-19(11-13-25-5)9-6-7-10-19;/h6-14H2,1-5H3,(H2,20,21,22);1H. The molecule has 1 aliphatic rings. The minimum Gasteiger partial charge on any atom is -0.385 e. The van der Waals surface area contributed by atoms with E-state index >= 15 is 0 Å². The SMILES string of the molecule is CN=C(NCCc1c(C)nn(C)c1C)NCC1(CCOC)CCCC1.I. The molecule has 1 aliphatic carbocycles. The van der Waals surface area contributed by atoms with E-state index in [9.17, 15) is 0 Å². The van der Waals surface area contributed by atoms with Gasteiger partial charge in [0.15, 0.2) is 5.96 Å². The monoisotopic (exact) mass is 477 g/mol. The van der Waals surface area contributed by atoms with Crippen LogP contribution in [0.3, 0.4) is 0 Å². The third kappa shape index (κ3) is 6.11. The Kier molecular flexibility index (Phi) is 9.92. The minimum absolute atomic E-state index is 0. The Balaban J connectivity index is 0.00000338. The number of ether oxygens (including phenoxy) is 1. The molecule has 1 fully saturated rings. The molecular weight excluding hydrogens is 441 g/mol. The number of hydrogen-bond acceptors (Lipinski definition) is 3. The molecule has 150 valence electrons. The molecule has 6 nitrogen and oxygen atoms in total. The molecule has 7 heteroatoms. The van der Waals surface area contributed by atoms with E-state index < -0.39 is 0 Å². The van der Waals surface area contributed by atoms with Gasteiger partial charge in [0.1, 0.15) is 0 Å². The lowest BCUT2D eigenvalue weighted by Gasteiger charge is -2.30. The average molecular weight is 477 g/mol. The van der Waals surface area contributed by atoms with Crippen molar-refractivity contribution in [2.75, 3.05) is 33.9 Å². The first-order chi connectivity index (χ1) is 12.0. The molecule has 0 saturated heterocycles. The second-order valence-corrected chi connectivity index (χ2v) is 7.33. The van der Waals surface area contributed by atoms with E-state index in [1.165, 1.54) is 36.9 Å². The summed E-state index contributed by atoms with van der Waals surface area (Å²) in [6.45, 7) is 6.88. The van der Waals surface area contributed by atoms with Crippen LogP contribution in [0.1, 0.15) is 49.1 Å². The van der Waals surface area contributed by atoms with Crippen LogP contribution in [0.25, 0.3) is 0 Å². The molecule has 0 bridgehead atoms. The Morgan fingerprint density at radius 1 is 1.27 bits per heavy atom. The molecule has 2 N–H and O–H groups in total. The Labute approximate surface area is 175 Å². The maximum absolute atomic E-state index is 5.32. The van der Waals surface area contributed by atoms with Gasteiger partial charge in [-0.25, -0.2) is 0 Å². The smallest absolute Gasteiger partial charge is 0.191 e. The Morgan fingerprint density at radius 2 is 1.96 bits per heavy atom. The molecule has 1 saturated carbocycles. The van der Waals surface area contributed by atoms with Gasteiger partial charge in [0.25, 0.3) is 0 Å². The highest BCUT2D eigenvalue weighted by Crippen LogP contribution is 2.40. The van der Waals surface area contributed by atoms with Gasteiger partial charge in [0.2, 0.25) is 0 Å². The van der Waals surface area contributed by atoms with Crippen LogP contribution in [-0.4, -0.2) is 49.6 Å². The van der Waals surface area contributed by atoms with E-state index in [0.29, 0.717) is 5.41 Å². The van der Waals surface area contributed by atoms with Crippen molar-refractivity contribution in [3.05, 3.63) is 17.0 Å². The van der Waals surface area contributed by atoms with Gasteiger partial charge in [-0.05, 0) is 50.5 Å². The van der Waals surface area contributed by atoms with Crippen LogP contribution >= 0.6 is 24.0 Å². The number of hydrogen-bond donors (Lipinski definition) is 2. The fourth-order valence-electron chi connectivity index (χ4n) is 3.94. The van der Waals surface area contributed by atoms with Gasteiger partial charge in [0.05, 0.1) is 5.69 Å². The zero-order valence-electron chi connectivity index (χ0n) is 17.0. The largest absolute Gasteiger partial charge is 0.385 e. The first-order valence-electron chi connectivity index (χ1n) is 9.44. The number of rotatable bonds is 8. The summed E-state index contributed by atoms with van der Waals surface area (Å²) in [5.41, 5.74) is 4.06. The molecule has 0 aromatic carbocycles. The molecule has 0 radical (unpaired) electrons. The maximum Gasteiger partial charge on any atom is 0.191 e. The lowest BCUT2D eigenvalue weighted by Crippen LogP contribution is -2.44. The Morgan fingerprint density at radius 3 is 2.50 bits per heavy atom. The Bertz CT molecular complexity index is 579. The second kappa shape index (κ2) is 11.1. The number of nitrogens with one attached hydrogen (secondary N) is 2. The predicted molar refractivity (Wildman–Crippen MR) is 119 cm³/mol. The summed E-state index contributed by atoms with van der Waals surface area (Å²) in [5, 5.41) is 11.5. The van der Waals surface area contributed by atoms with E-state index in [1.54, 1.807) is 7.11 Å². The Hall–Kier alpha value is -0.830. The normalized spacial score (nSPS) is 16.4. The summed E-state index contributed by atoms with van der Waals surface area (Å²) in [5.74, 6) is 0.892. The number of nitrogens with zero attached hydrogens (tertiary/aromatic N) is 3. The van der Waals surface area contributed by atoms with Gasteiger partial charge in [-0.2, -0.15) is 5.10 Å². The summed E-state index contributed by atoms with van der Waals surface area (Å²) < 4.78 is 7.27. The molecule has 1 heterocycles. The van der Waals surface area contributed by atoms with Crippen molar-refractivity contribution in [3.63, 3.8) is 0 Å². The minimum atomic E-state index is 0. The molecule has 0 atom stereocenters. The highest BCUT2D eigenvalue weighted by atomic mass is 127. The van der Waals surface area contributed by atoms with Crippen molar-refractivity contribution in [2.45, 2.75) is 52.4 Å². The van der Waals surface area contributed by atoms with Crippen LogP contribution in [0.4, 0.5) is 0 Å². The quantitative estimate of drug-likeness (QED) is 0.344. The predicted octanol–water partition coefficient (Wildman–Crippen LogP) is 2.96. The van der Waals surface area contributed by atoms with Gasteiger partial charge in [-0.1, -0.05) is 12.8 Å². The number of aliphatic imine (C=N–C) groups is 1. The number of halogens is 1. The molecular formula is C19H36IN5O. The summed E-state index contributed by atoms with van der Waals surface area (Å²) in [7, 11) is 5.63. The molecule has 0 spiro atoms. The lowest BCUT2D eigenvalue weighted by molar-refractivity contribution is 0.138. The average Bonchev–Trinajstić information content (AvgIpc) is 3.16. The van der Waals surface area contributed by atoms with Crippen molar-refractivity contribution < 1.29 is 4.74 Å². The van der Waals surface area contributed by atoms with Gasteiger partial charge < -0.3 is 15.4 Å². The summed E-state index contributed by atoms with van der Waals surface area (Å²) in [4.78, 5) is 4.38. The summed E-state index contributed by atoms with van der Waals surface area (Å²) in [6, 6.07) is 0. The first-order valence-corrected chi connectivity index (χ1v) is 9.44. The van der Waals surface area contributed by atoms with Crippen LogP contribution in [-0.2, 0) is 18.2 Å². The van der Waals surface area contributed by atoms with Gasteiger partial charge >= 0.3 is 0 Å². The van der Waals surface area contributed by atoms with Crippen molar-refractivity contribution in [1.29, 1.82) is 0 Å². The van der Waals surface area contributed by atoms with Crippen LogP contribution in [0.2, 0.25) is 0 Å². The van der Waals surface area contributed by atoms with Crippen LogP contribution in [0.5, 0.6) is 0 Å². The van der Waals surface area contributed by atoms with Crippen molar-refractivity contribution in [1.82, 2.24) is 20.4 Å². The molecule has 0 unspecified atom stereocenters. The highest BCUT2D eigenvalue weighted by Gasteiger charge is 2.33. The van der Waals surface area contributed by atoms with Crippen LogP contribution in [0, 0.1) is 19.3 Å². The lowest BCUT2D eigenvalue weighted by atomic mass is 9.83. The van der Waals surface area contributed by atoms with E-state index in [1.807, 2.05) is 18.8 Å². The topological polar surface area (TPSA) is 63.5 Å². The molecule has 1 aromatic heterocycles. The van der Waals surface area contributed by atoms with Gasteiger partial charge in [-0.3, -0.25) is 9.67 Å². The number of aromatic nitrogens is 2. The molecule has 0 amide bonds. The number of aryl methyl sites for hydroxylation is 2. The number of guanidine groups is 1. The number of methoxy groups -OCH3 is 1. The zero-order valence-corrected chi connectivity index (χ0v) is 19.4. The van der Waals surface area contributed by atoms with E-state index in [2.05, 4.69) is 34.6 Å². The maximum atomic E-state index is 5.32. The van der Waals surface area contributed by atoms with E-state index in [-0.39, 0.29) is 24.0 Å². The second-order valence-electron chi connectivity index (χ2n) is 7.33. The molecule has 26 heavy (non-hydrogen) atoms. The third-order valence-electron chi connectivity index (χ3n) is 5.68. The van der Waals surface area contributed by atoms with Gasteiger partial charge in [-0.15, -0.1) is 24.0 Å². The fraction of sp³-hybridized carbons (Fsp3) is 0.789. The first kappa shape index (κ1) is 23.2. The van der Waals surface area contributed by atoms with Crippen molar-refractivity contribution in [3.8, 4) is 0 Å². The van der Waals surface area contributed by atoms with Crippen LogP contribution < -0.4 is 10.6 Å². The van der Waals surface area contributed by atoms with Gasteiger partial charge in [0, 0.05) is 46.6 Å². The molecule has 0 aliphatic heterocycles. The molecule has 1 aromatic rings. The molecule has 2 rings (SSSR count). The fourth-order valence-corrected chi connectivity index (χ4v) is 3.94. The van der Waals surface area contributed by atoms with Crippen LogP contribution in [0.15, 0.2) is 4.99 Å². The van der Waals surface area contributed by atoms with Crippen molar-refractivity contribution in [2.24, 2.45) is 17.5 Å².